The summed E-state index contributed by atoms with van der Waals surface area (Å²) in [5.41, 5.74) is 3.24. The Morgan fingerprint density at radius 3 is 2.46 bits per heavy atom. The van der Waals surface area contributed by atoms with E-state index >= 15 is 0 Å². The Morgan fingerprint density at radius 1 is 0.917 bits per heavy atom. The van der Waals surface area contributed by atoms with Gasteiger partial charge in [0.1, 0.15) is 5.75 Å². The normalized spacial score (nSPS) is 11.9. The summed E-state index contributed by atoms with van der Waals surface area (Å²) in [6.07, 6.45) is 0. The molecule has 1 heterocycles. The summed E-state index contributed by atoms with van der Waals surface area (Å²) in [4.78, 5) is 15.2. The van der Waals surface area contributed by atoms with Crippen molar-refractivity contribution in [1.82, 2.24) is 0 Å². The highest BCUT2D eigenvalue weighted by atomic mass is 32.2. The number of anilines is 2. The second kappa shape index (κ2) is 6.06. The lowest BCUT2D eigenvalue weighted by Crippen LogP contribution is -2.09. The Labute approximate surface area is 144 Å². The highest BCUT2D eigenvalue weighted by molar-refractivity contribution is 7.99. The fourth-order valence-electron chi connectivity index (χ4n) is 2.74. The summed E-state index contributed by atoms with van der Waals surface area (Å²) < 4.78 is 5.16. The second-order valence-electron chi connectivity index (χ2n) is 5.46. The number of ether oxygens (including phenoxy) is 1. The van der Waals surface area contributed by atoms with Crippen molar-refractivity contribution in [2.45, 2.75) is 9.79 Å². The third kappa shape index (κ3) is 2.55. The van der Waals surface area contributed by atoms with E-state index in [0.717, 1.165) is 22.0 Å². The van der Waals surface area contributed by atoms with Gasteiger partial charge >= 0.3 is 0 Å². The van der Waals surface area contributed by atoms with Crippen LogP contribution in [-0.4, -0.2) is 12.9 Å². The van der Waals surface area contributed by atoms with Crippen LogP contribution in [0.1, 0.15) is 15.9 Å². The zero-order valence-corrected chi connectivity index (χ0v) is 13.9. The maximum absolute atomic E-state index is 12.9. The molecule has 0 fully saturated rings. The lowest BCUT2D eigenvalue weighted by molar-refractivity contribution is 0.103. The number of para-hydroxylation sites is 2. The monoisotopic (exact) mass is 333 g/mol. The molecule has 3 aromatic carbocycles. The van der Waals surface area contributed by atoms with Gasteiger partial charge in [-0.15, -0.1) is 0 Å². The molecule has 0 radical (unpaired) electrons. The molecule has 0 saturated heterocycles. The Kier molecular flexibility index (Phi) is 3.75. The van der Waals surface area contributed by atoms with Crippen molar-refractivity contribution in [3.05, 3.63) is 77.9 Å². The SMILES string of the molecule is COc1ccc(C(=O)c2cccc3c2Nc2ccccc2S3)cc1. The van der Waals surface area contributed by atoms with E-state index in [1.807, 2.05) is 36.4 Å². The molecule has 1 N–H and O–H groups in total. The Hall–Kier alpha value is -2.72. The van der Waals surface area contributed by atoms with Gasteiger partial charge < -0.3 is 10.1 Å². The molecule has 1 aliphatic rings. The fraction of sp³-hybridized carbons (Fsp3) is 0.0500. The number of hydrogen-bond donors (Lipinski definition) is 1. The molecule has 24 heavy (non-hydrogen) atoms. The number of fused-ring (bicyclic) bond motifs is 2. The predicted molar refractivity (Wildman–Crippen MR) is 96.7 cm³/mol. The summed E-state index contributed by atoms with van der Waals surface area (Å²) in [6.45, 7) is 0. The van der Waals surface area contributed by atoms with Gasteiger partial charge in [0.05, 0.1) is 18.5 Å². The van der Waals surface area contributed by atoms with Crippen LogP contribution in [0.2, 0.25) is 0 Å². The molecule has 0 saturated carbocycles. The van der Waals surface area contributed by atoms with E-state index in [1.54, 1.807) is 43.1 Å². The highest BCUT2D eigenvalue weighted by Crippen LogP contribution is 2.45. The lowest BCUT2D eigenvalue weighted by atomic mass is 10.0. The molecular weight excluding hydrogens is 318 g/mol. The molecule has 0 bridgehead atoms. The van der Waals surface area contributed by atoms with E-state index in [0.29, 0.717) is 11.1 Å². The first-order valence-corrected chi connectivity index (χ1v) is 8.43. The highest BCUT2D eigenvalue weighted by Gasteiger charge is 2.21. The third-order valence-corrected chi connectivity index (χ3v) is 5.13. The summed E-state index contributed by atoms with van der Waals surface area (Å²) in [7, 11) is 1.61. The van der Waals surface area contributed by atoms with Crippen LogP contribution in [0.4, 0.5) is 11.4 Å². The van der Waals surface area contributed by atoms with Crippen LogP contribution in [0, 0.1) is 0 Å². The molecule has 4 heteroatoms. The quantitative estimate of drug-likeness (QED) is 0.527. The van der Waals surface area contributed by atoms with Gasteiger partial charge in [-0.2, -0.15) is 0 Å². The molecule has 1 aliphatic heterocycles. The van der Waals surface area contributed by atoms with Crippen LogP contribution in [0.3, 0.4) is 0 Å². The smallest absolute Gasteiger partial charge is 0.195 e. The molecule has 118 valence electrons. The van der Waals surface area contributed by atoms with Crippen molar-refractivity contribution in [1.29, 1.82) is 0 Å². The van der Waals surface area contributed by atoms with Gasteiger partial charge in [0.25, 0.3) is 0 Å². The number of carbonyl (C=O) groups excluding carboxylic acids is 1. The number of rotatable bonds is 3. The molecule has 4 rings (SSSR count). The molecule has 0 unspecified atom stereocenters. The fourth-order valence-corrected chi connectivity index (χ4v) is 3.77. The van der Waals surface area contributed by atoms with Crippen LogP contribution in [0.15, 0.2) is 76.5 Å². The van der Waals surface area contributed by atoms with Crippen molar-refractivity contribution in [3.8, 4) is 5.75 Å². The van der Waals surface area contributed by atoms with E-state index in [4.69, 9.17) is 4.74 Å². The van der Waals surface area contributed by atoms with Crippen molar-refractivity contribution >= 4 is 28.9 Å². The van der Waals surface area contributed by atoms with Crippen molar-refractivity contribution in [2.75, 3.05) is 12.4 Å². The predicted octanol–water partition coefficient (Wildman–Crippen LogP) is 5.13. The Balaban J connectivity index is 1.74. The van der Waals surface area contributed by atoms with E-state index in [2.05, 4.69) is 11.4 Å². The van der Waals surface area contributed by atoms with E-state index in [-0.39, 0.29) is 5.78 Å². The zero-order valence-electron chi connectivity index (χ0n) is 13.1. The van der Waals surface area contributed by atoms with Gasteiger partial charge in [-0.05, 0) is 48.5 Å². The first-order chi connectivity index (χ1) is 11.8. The average molecular weight is 333 g/mol. The number of hydrogen-bond acceptors (Lipinski definition) is 4. The van der Waals surface area contributed by atoms with Gasteiger partial charge in [-0.25, -0.2) is 0 Å². The molecule has 0 aliphatic carbocycles. The third-order valence-electron chi connectivity index (χ3n) is 3.99. The van der Waals surface area contributed by atoms with Crippen molar-refractivity contribution in [3.63, 3.8) is 0 Å². The standard InChI is InChI=1S/C20H15NO2S/c1-23-14-11-9-13(10-12-14)20(22)15-5-4-8-18-19(15)21-16-6-2-3-7-17(16)24-18/h2-12,21H,1H3. The van der Waals surface area contributed by atoms with Crippen LogP contribution in [0.5, 0.6) is 5.75 Å². The zero-order chi connectivity index (χ0) is 16.5. The number of methoxy groups -OCH3 is 1. The largest absolute Gasteiger partial charge is 0.497 e. The number of ketones is 1. The van der Waals surface area contributed by atoms with Crippen LogP contribution >= 0.6 is 11.8 Å². The Morgan fingerprint density at radius 2 is 1.67 bits per heavy atom. The average Bonchev–Trinajstić information content (AvgIpc) is 2.65. The first kappa shape index (κ1) is 14.8. The summed E-state index contributed by atoms with van der Waals surface area (Å²) in [6, 6.07) is 21.2. The maximum atomic E-state index is 12.9. The van der Waals surface area contributed by atoms with Gasteiger partial charge in [0, 0.05) is 20.9 Å². The van der Waals surface area contributed by atoms with Crippen LogP contribution < -0.4 is 10.1 Å². The topological polar surface area (TPSA) is 38.3 Å². The van der Waals surface area contributed by atoms with Gasteiger partial charge in [0.15, 0.2) is 5.78 Å². The Bertz CT molecular complexity index is 919. The minimum Gasteiger partial charge on any atom is -0.497 e. The number of nitrogens with one attached hydrogen (secondary N) is 1. The van der Waals surface area contributed by atoms with E-state index in [9.17, 15) is 4.79 Å². The first-order valence-electron chi connectivity index (χ1n) is 7.62. The number of benzene rings is 3. The maximum Gasteiger partial charge on any atom is 0.195 e. The molecule has 3 aromatic rings. The summed E-state index contributed by atoms with van der Waals surface area (Å²) in [5, 5.41) is 3.42. The molecule has 0 spiro atoms. The molecule has 0 aromatic heterocycles. The second-order valence-corrected chi connectivity index (χ2v) is 6.54. The van der Waals surface area contributed by atoms with Crippen LogP contribution in [-0.2, 0) is 0 Å². The van der Waals surface area contributed by atoms with Gasteiger partial charge in [0.2, 0.25) is 0 Å². The summed E-state index contributed by atoms with van der Waals surface area (Å²) in [5.74, 6) is 0.742. The van der Waals surface area contributed by atoms with Crippen LogP contribution in [0.25, 0.3) is 0 Å². The molecule has 0 atom stereocenters. The van der Waals surface area contributed by atoms with Gasteiger partial charge in [-0.3, -0.25) is 4.79 Å². The summed E-state index contributed by atoms with van der Waals surface area (Å²) >= 11 is 1.68. The molecular formula is C20H15NO2S. The van der Waals surface area contributed by atoms with E-state index in [1.165, 1.54) is 4.90 Å². The minimum atomic E-state index is 0.00184. The number of carbonyl (C=O) groups is 1. The van der Waals surface area contributed by atoms with Gasteiger partial charge in [-0.1, -0.05) is 30.0 Å². The molecule has 3 nitrogen and oxygen atoms in total. The lowest BCUT2D eigenvalue weighted by Gasteiger charge is -2.22. The minimum absolute atomic E-state index is 0.00184. The van der Waals surface area contributed by atoms with Crippen molar-refractivity contribution in [2.24, 2.45) is 0 Å². The van der Waals surface area contributed by atoms with Crippen molar-refractivity contribution < 1.29 is 9.53 Å². The molecule has 0 amide bonds. The van der Waals surface area contributed by atoms with E-state index < -0.39 is 0 Å².